The van der Waals surface area contributed by atoms with Gasteiger partial charge in [0, 0.05) is 12.3 Å². The van der Waals surface area contributed by atoms with E-state index >= 15 is 0 Å². The first kappa shape index (κ1) is 24.9. The molecule has 0 aromatic carbocycles. The van der Waals surface area contributed by atoms with Crippen molar-refractivity contribution >= 4 is 23.5 Å². The van der Waals surface area contributed by atoms with Crippen LogP contribution in [0.5, 0.6) is 0 Å². The van der Waals surface area contributed by atoms with Crippen molar-refractivity contribution in [2.75, 3.05) is 19.1 Å². The van der Waals surface area contributed by atoms with Crippen LogP contribution in [-0.2, 0) is 19.1 Å². The van der Waals surface area contributed by atoms with E-state index in [1.54, 1.807) is 0 Å². The summed E-state index contributed by atoms with van der Waals surface area (Å²) in [7, 11) is 0. The van der Waals surface area contributed by atoms with E-state index in [0.29, 0.717) is 6.42 Å². The quantitative estimate of drug-likeness (QED) is 0.151. The van der Waals surface area contributed by atoms with E-state index in [4.69, 9.17) is 21.1 Å². The number of rotatable bonds is 12. The summed E-state index contributed by atoms with van der Waals surface area (Å²) in [6.45, 7) is 2.83. The first-order valence-corrected chi connectivity index (χ1v) is 8.87. The number of ether oxygens (including phenoxy) is 2. The van der Waals surface area contributed by atoms with Crippen LogP contribution in [0, 0.1) is 5.41 Å². The summed E-state index contributed by atoms with van der Waals surface area (Å²) >= 11 is 5.57. The Morgan fingerprint density at radius 3 is 1.65 bits per heavy atom. The smallest absolute Gasteiger partial charge is 0.453 e. The predicted octanol–water partition coefficient (Wildman–Crippen LogP) is 4.88. The van der Waals surface area contributed by atoms with Crippen LogP contribution in [0.2, 0.25) is 0 Å². The van der Waals surface area contributed by atoms with Gasteiger partial charge in [0.25, 0.3) is 0 Å². The normalized spacial score (nSPS) is 12.8. The van der Waals surface area contributed by atoms with E-state index in [1.165, 1.54) is 13.8 Å². The fourth-order valence-corrected chi connectivity index (χ4v) is 2.62. The lowest BCUT2D eigenvalue weighted by Gasteiger charge is -2.30. The van der Waals surface area contributed by atoms with Gasteiger partial charge in [0.15, 0.2) is 5.41 Å². The van der Waals surface area contributed by atoms with Gasteiger partial charge in [-0.15, -0.1) is 11.6 Å². The number of unbranched alkanes of at least 4 members (excludes halogenated alkanes) is 1. The first-order chi connectivity index (χ1) is 12.0. The molecule has 0 heterocycles. The molecule has 0 unspecified atom stereocenters. The zero-order valence-corrected chi connectivity index (χ0v) is 15.5. The van der Waals surface area contributed by atoms with Gasteiger partial charge < -0.3 is 9.47 Å². The highest BCUT2D eigenvalue weighted by atomic mass is 35.5. The minimum atomic E-state index is -5.69. The summed E-state index contributed by atoms with van der Waals surface area (Å²) in [6, 6.07) is 0. The SMILES string of the molecule is CCOC(=O)C(CCCCCl)(CCCC(F)(F)C(F)(F)F)C(=O)OCC. The number of carbonyl (C=O) groups is 2. The molecule has 0 aromatic heterocycles. The zero-order chi connectivity index (χ0) is 20.4. The Morgan fingerprint density at radius 1 is 0.808 bits per heavy atom. The predicted molar refractivity (Wildman–Crippen MR) is 85.1 cm³/mol. The lowest BCUT2D eigenvalue weighted by atomic mass is 9.77. The molecule has 0 saturated carbocycles. The highest BCUT2D eigenvalue weighted by Gasteiger charge is 2.57. The molecule has 0 spiro atoms. The Bertz CT molecular complexity index is 436. The summed E-state index contributed by atoms with van der Waals surface area (Å²) in [5.41, 5.74) is -1.92. The molecule has 0 amide bonds. The number of hydrogen-bond donors (Lipinski definition) is 0. The van der Waals surface area contributed by atoms with Gasteiger partial charge in [0.05, 0.1) is 13.2 Å². The Kier molecular flexibility index (Phi) is 10.4. The third-order valence-corrected chi connectivity index (χ3v) is 4.10. The van der Waals surface area contributed by atoms with E-state index < -0.39 is 48.7 Å². The summed E-state index contributed by atoms with van der Waals surface area (Å²) in [5.74, 6) is -6.63. The van der Waals surface area contributed by atoms with Crippen molar-refractivity contribution in [1.82, 2.24) is 0 Å². The average molecular weight is 411 g/mol. The fraction of sp³-hybridized carbons (Fsp3) is 0.875. The van der Waals surface area contributed by atoms with Crippen molar-refractivity contribution in [2.24, 2.45) is 5.41 Å². The van der Waals surface area contributed by atoms with Gasteiger partial charge in [-0.3, -0.25) is 9.59 Å². The van der Waals surface area contributed by atoms with Crippen LogP contribution in [0.1, 0.15) is 52.4 Å². The molecular formula is C16H24ClF5O4. The molecule has 0 atom stereocenters. The van der Waals surface area contributed by atoms with E-state index in [9.17, 15) is 31.5 Å². The Morgan fingerprint density at radius 2 is 1.27 bits per heavy atom. The molecular weight excluding hydrogens is 387 g/mol. The third-order valence-electron chi connectivity index (χ3n) is 3.83. The molecule has 0 fully saturated rings. The number of carbonyl (C=O) groups excluding carboxylic acids is 2. The molecule has 0 bridgehead atoms. The van der Waals surface area contributed by atoms with Gasteiger partial charge in [-0.2, -0.15) is 22.0 Å². The lowest BCUT2D eigenvalue weighted by molar-refractivity contribution is -0.284. The Hall–Kier alpha value is -1.12. The molecule has 154 valence electrons. The van der Waals surface area contributed by atoms with Gasteiger partial charge >= 0.3 is 24.0 Å². The topological polar surface area (TPSA) is 52.6 Å². The molecule has 4 nitrogen and oxygen atoms in total. The minimum absolute atomic E-state index is 0.0752. The van der Waals surface area contributed by atoms with Crippen LogP contribution in [0.25, 0.3) is 0 Å². The number of hydrogen-bond acceptors (Lipinski definition) is 4. The molecule has 0 aliphatic carbocycles. The van der Waals surface area contributed by atoms with Crippen molar-refractivity contribution in [3.63, 3.8) is 0 Å². The van der Waals surface area contributed by atoms with Gasteiger partial charge in [-0.25, -0.2) is 0 Å². The third kappa shape index (κ3) is 6.89. The monoisotopic (exact) mass is 410 g/mol. The highest BCUT2D eigenvalue weighted by molar-refractivity contribution is 6.17. The molecule has 0 aliphatic rings. The maximum absolute atomic E-state index is 13.1. The van der Waals surface area contributed by atoms with E-state index in [1.807, 2.05) is 0 Å². The Balaban J connectivity index is 5.43. The maximum atomic E-state index is 13.1. The fourth-order valence-electron chi connectivity index (χ4n) is 2.43. The largest absolute Gasteiger partial charge is 0.465 e. The average Bonchev–Trinajstić information content (AvgIpc) is 2.52. The second kappa shape index (κ2) is 10.9. The summed E-state index contributed by atoms with van der Waals surface area (Å²) in [4.78, 5) is 24.7. The highest BCUT2D eigenvalue weighted by Crippen LogP contribution is 2.42. The molecule has 0 radical (unpaired) electrons. The maximum Gasteiger partial charge on any atom is 0.453 e. The van der Waals surface area contributed by atoms with E-state index in [0.717, 1.165) is 0 Å². The molecule has 0 aliphatic heterocycles. The van der Waals surface area contributed by atoms with Crippen LogP contribution < -0.4 is 0 Å². The van der Waals surface area contributed by atoms with Crippen molar-refractivity contribution < 1.29 is 41.0 Å². The van der Waals surface area contributed by atoms with Crippen molar-refractivity contribution in [3.05, 3.63) is 0 Å². The second-order valence-corrected chi connectivity index (χ2v) is 6.10. The number of esters is 2. The van der Waals surface area contributed by atoms with Crippen LogP contribution >= 0.6 is 11.6 Å². The first-order valence-electron chi connectivity index (χ1n) is 8.33. The second-order valence-electron chi connectivity index (χ2n) is 5.72. The van der Waals surface area contributed by atoms with Gasteiger partial charge in [-0.05, 0) is 39.5 Å². The Labute approximate surface area is 154 Å². The molecule has 0 N–H and O–H groups in total. The molecule has 10 heteroatoms. The lowest BCUT2D eigenvalue weighted by Crippen LogP contribution is -2.43. The zero-order valence-electron chi connectivity index (χ0n) is 14.8. The van der Waals surface area contributed by atoms with Crippen LogP contribution in [0.15, 0.2) is 0 Å². The van der Waals surface area contributed by atoms with E-state index in [-0.39, 0.29) is 31.9 Å². The number of alkyl halides is 6. The molecule has 26 heavy (non-hydrogen) atoms. The van der Waals surface area contributed by atoms with Gasteiger partial charge in [0.1, 0.15) is 0 Å². The van der Waals surface area contributed by atoms with E-state index in [2.05, 4.69) is 0 Å². The summed E-state index contributed by atoms with van der Waals surface area (Å²) < 4.78 is 73.0. The van der Waals surface area contributed by atoms with Crippen molar-refractivity contribution in [1.29, 1.82) is 0 Å². The van der Waals surface area contributed by atoms with Crippen LogP contribution in [0.4, 0.5) is 22.0 Å². The molecule has 0 aromatic rings. The van der Waals surface area contributed by atoms with Crippen LogP contribution in [-0.4, -0.2) is 43.1 Å². The molecule has 0 saturated heterocycles. The standard InChI is InChI=1S/C16H24ClF5O4/c1-3-25-12(23)14(8-5-6-11-17,13(24)26-4-2)9-7-10-15(18,19)16(20,21)22/h3-11H2,1-2H3. The van der Waals surface area contributed by atoms with Crippen molar-refractivity contribution in [3.8, 4) is 0 Å². The van der Waals surface area contributed by atoms with Crippen LogP contribution in [0.3, 0.4) is 0 Å². The molecule has 0 rings (SSSR count). The number of halogens is 6. The minimum Gasteiger partial charge on any atom is -0.465 e. The summed E-state index contributed by atoms with van der Waals surface area (Å²) in [5, 5.41) is 0. The van der Waals surface area contributed by atoms with Gasteiger partial charge in [-0.1, -0.05) is 6.42 Å². The van der Waals surface area contributed by atoms with Crippen molar-refractivity contribution in [2.45, 2.75) is 64.5 Å². The van der Waals surface area contributed by atoms with Gasteiger partial charge in [0.2, 0.25) is 0 Å². The summed E-state index contributed by atoms with van der Waals surface area (Å²) in [6.07, 6.45) is -7.84.